The second kappa shape index (κ2) is 9.30. The van der Waals surface area contributed by atoms with Crippen LogP contribution in [0.5, 0.6) is 5.75 Å². The molecule has 0 aliphatic rings. The number of halogens is 1. The molecule has 0 aromatic heterocycles. The van der Waals surface area contributed by atoms with Crippen molar-refractivity contribution in [2.24, 2.45) is 0 Å². The molecule has 0 spiro atoms. The van der Waals surface area contributed by atoms with E-state index < -0.39 is 0 Å². The lowest BCUT2D eigenvalue weighted by Crippen LogP contribution is -2.31. The fourth-order valence-electron chi connectivity index (χ4n) is 2.37. The van der Waals surface area contributed by atoms with Crippen molar-refractivity contribution >= 4 is 17.6 Å². The molecule has 1 atom stereocenters. The van der Waals surface area contributed by atoms with Crippen molar-refractivity contribution in [1.82, 2.24) is 4.90 Å². The first kappa shape index (κ1) is 18.3. The average molecular weight is 348 g/mol. The second-order valence-corrected chi connectivity index (χ2v) is 6.16. The van der Waals surface area contributed by atoms with Crippen molar-refractivity contribution in [3.8, 4) is 5.75 Å². The van der Waals surface area contributed by atoms with Crippen LogP contribution in [-0.4, -0.2) is 37.2 Å². The number of hydrogen-bond donors (Lipinski definition) is 0. The van der Waals surface area contributed by atoms with Gasteiger partial charge in [0.2, 0.25) is 0 Å². The maximum Gasteiger partial charge on any atom is 0.344 e. The molecule has 2 aromatic carbocycles. The van der Waals surface area contributed by atoms with Crippen LogP contribution in [0.3, 0.4) is 0 Å². The molecule has 0 N–H and O–H groups in total. The van der Waals surface area contributed by atoms with E-state index in [0.29, 0.717) is 17.3 Å². The van der Waals surface area contributed by atoms with E-state index in [1.54, 1.807) is 24.3 Å². The van der Waals surface area contributed by atoms with Gasteiger partial charge < -0.3 is 9.47 Å². The predicted molar refractivity (Wildman–Crippen MR) is 95.3 cm³/mol. The molecule has 0 bridgehead atoms. The van der Waals surface area contributed by atoms with Crippen LogP contribution in [0.25, 0.3) is 0 Å². The minimum atomic E-state index is -0.384. The Morgan fingerprint density at radius 2 is 1.79 bits per heavy atom. The first-order valence-corrected chi connectivity index (χ1v) is 8.21. The Bertz CT molecular complexity index is 631. The van der Waals surface area contributed by atoms with Crippen molar-refractivity contribution < 1.29 is 14.3 Å². The van der Waals surface area contributed by atoms with Gasteiger partial charge in [-0.3, -0.25) is 4.90 Å². The summed E-state index contributed by atoms with van der Waals surface area (Å²) in [4.78, 5) is 14.0. The van der Waals surface area contributed by atoms with Gasteiger partial charge in [0.05, 0.1) is 0 Å². The average Bonchev–Trinajstić information content (AvgIpc) is 2.55. The number of rotatable bonds is 8. The number of ether oxygens (including phenoxy) is 2. The molecule has 128 valence electrons. The Morgan fingerprint density at radius 3 is 2.46 bits per heavy atom. The third-order valence-corrected chi connectivity index (χ3v) is 3.62. The highest BCUT2D eigenvalue weighted by Crippen LogP contribution is 2.15. The summed E-state index contributed by atoms with van der Waals surface area (Å²) in [5.74, 6) is 0.204. The normalized spacial score (nSPS) is 12.0. The molecule has 2 aromatic rings. The van der Waals surface area contributed by atoms with E-state index >= 15 is 0 Å². The number of nitrogens with zero attached hydrogens (tertiary/aromatic N) is 1. The van der Waals surface area contributed by atoms with E-state index in [-0.39, 0.29) is 18.7 Å². The van der Waals surface area contributed by atoms with E-state index in [1.165, 1.54) is 5.56 Å². The molecule has 0 aliphatic carbocycles. The fourth-order valence-corrected chi connectivity index (χ4v) is 2.49. The Balaban J connectivity index is 1.70. The number of benzene rings is 2. The molecule has 4 nitrogen and oxygen atoms in total. The molecule has 0 fully saturated rings. The van der Waals surface area contributed by atoms with Crippen LogP contribution in [0.2, 0.25) is 5.02 Å². The Morgan fingerprint density at radius 1 is 1.12 bits per heavy atom. The topological polar surface area (TPSA) is 38.8 Å². The zero-order chi connectivity index (χ0) is 17.4. The van der Waals surface area contributed by atoms with Gasteiger partial charge in [-0.1, -0.05) is 41.9 Å². The number of carbonyl (C=O) groups excluding carboxylic acids is 1. The minimum absolute atomic E-state index is 0.117. The third kappa shape index (κ3) is 6.60. The predicted octanol–water partition coefficient (Wildman–Crippen LogP) is 3.78. The number of hydrogen-bond acceptors (Lipinski definition) is 4. The van der Waals surface area contributed by atoms with E-state index in [1.807, 2.05) is 32.2 Å². The van der Waals surface area contributed by atoms with Crippen molar-refractivity contribution in [1.29, 1.82) is 0 Å². The largest absolute Gasteiger partial charge is 0.482 e. The van der Waals surface area contributed by atoms with Crippen LogP contribution in [0, 0.1) is 0 Å². The van der Waals surface area contributed by atoms with E-state index in [2.05, 4.69) is 17.0 Å². The number of likely N-dealkylation sites (N-methyl/N-ethyl adjacent to an activating group) is 1. The summed E-state index contributed by atoms with van der Waals surface area (Å²) in [6, 6.07) is 17.0. The van der Waals surface area contributed by atoms with Gasteiger partial charge in [-0.25, -0.2) is 4.79 Å². The summed E-state index contributed by atoms with van der Waals surface area (Å²) >= 11 is 5.80. The van der Waals surface area contributed by atoms with Crippen LogP contribution < -0.4 is 4.74 Å². The molecular formula is C19H22ClNO3. The maximum absolute atomic E-state index is 11.8. The third-order valence-electron chi connectivity index (χ3n) is 3.37. The summed E-state index contributed by atoms with van der Waals surface area (Å²) < 4.78 is 10.8. The molecule has 0 heterocycles. The van der Waals surface area contributed by atoms with Crippen LogP contribution >= 0.6 is 11.6 Å². The lowest BCUT2D eigenvalue weighted by atomic mass is 10.2. The highest BCUT2D eigenvalue weighted by atomic mass is 35.5. The van der Waals surface area contributed by atoms with Gasteiger partial charge in [-0.2, -0.15) is 0 Å². The van der Waals surface area contributed by atoms with Gasteiger partial charge >= 0.3 is 5.97 Å². The van der Waals surface area contributed by atoms with E-state index in [9.17, 15) is 4.79 Å². The van der Waals surface area contributed by atoms with Crippen LogP contribution in [-0.2, 0) is 16.1 Å². The highest BCUT2D eigenvalue weighted by molar-refractivity contribution is 6.30. The standard InChI is InChI=1S/C19H22ClNO3/c1-15(12-21(2)13-16-6-4-3-5-7-16)24-19(22)14-23-18-10-8-17(20)9-11-18/h3-11,15H,12-14H2,1-2H3/t15-/m0/s1. The summed E-state index contributed by atoms with van der Waals surface area (Å²) in [6.07, 6.45) is -0.208. The fraction of sp³-hybridized carbons (Fsp3) is 0.316. The summed E-state index contributed by atoms with van der Waals surface area (Å²) in [7, 11) is 2.00. The van der Waals surface area contributed by atoms with Gasteiger partial charge in [-0.15, -0.1) is 0 Å². The lowest BCUT2D eigenvalue weighted by molar-refractivity contribution is -0.151. The summed E-state index contributed by atoms with van der Waals surface area (Å²) in [6.45, 7) is 3.22. The zero-order valence-electron chi connectivity index (χ0n) is 13.9. The van der Waals surface area contributed by atoms with Crippen LogP contribution in [0.4, 0.5) is 0 Å². The van der Waals surface area contributed by atoms with Crippen molar-refractivity contribution in [3.63, 3.8) is 0 Å². The molecule has 5 heteroatoms. The van der Waals surface area contributed by atoms with Gasteiger partial charge in [0.15, 0.2) is 6.61 Å². The van der Waals surface area contributed by atoms with E-state index in [0.717, 1.165) is 6.54 Å². The van der Waals surface area contributed by atoms with E-state index in [4.69, 9.17) is 21.1 Å². The Kier molecular flexibility index (Phi) is 7.09. The quantitative estimate of drug-likeness (QED) is 0.681. The van der Waals surface area contributed by atoms with Gasteiger partial charge in [0.25, 0.3) is 0 Å². The molecular weight excluding hydrogens is 326 g/mol. The maximum atomic E-state index is 11.8. The molecule has 2 rings (SSSR count). The molecule has 24 heavy (non-hydrogen) atoms. The SMILES string of the molecule is C[C@@H](CN(C)Cc1ccccc1)OC(=O)COc1ccc(Cl)cc1. The molecule has 0 unspecified atom stereocenters. The Labute approximate surface area is 147 Å². The van der Waals surface area contributed by atoms with Gasteiger partial charge in [0, 0.05) is 18.1 Å². The summed E-state index contributed by atoms with van der Waals surface area (Å²) in [5, 5.41) is 0.625. The summed E-state index contributed by atoms with van der Waals surface area (Å²) in [5.41, 5.74) is 1.23. The van der Waals surface area contributed by atoms with Gasteiger partial charge in [-0.05, 0) is 43.8 Å². The van der Waals surface area contributed by atoms with Gasteiger partial charge in [0.1, 0.15) is 11.9 Å². The van der Waals surface area contributed by atoms with Crippen LogP contribution in [0.15, 0.2) is 54.6 Å². The Hall–Kier alpha value is -2.04. The van der Waals surface area contributed by atoms with Crippen molar-refractivity contribution in [3.05, 3.63) is 65.2 Å². The molecule has 0 saturated heterocycles. The molecule has 0 radical (unpaired) electrons. The molecule has 0 amide bonds. The monoisotopic (exact) mass is 347 g/mol. The van der Waals surface area contributed by atoms with Crippen molar-refractivity contribution in [2.75, 3.05) is 20.2 Å². The molecule has 0 saturated carbocycles. The minimum Gasteiger partial charge on any atom is -0.482 e. The molecule has 0 aliphatic heterocycles. The first-order valence-electron chi connectivity index (χ1n) is 7.83. The highest BCUT2D eigenvalue weighted by Gasteiger charge is 2.13. The zero-order valence-corrected chi connectivity index (χ0v) is 14.7. The second-order valence-electron chi connectivity index (χ2n) is 5.73. The first-order chi connectivity index (χ1) is 11.5. The van der Waals surface area contributed by atoms with Crippen molar-refractivity contribution in [2.45, 2.75) is 19.6 Å². The number of carbonyl (C=O) groups is 1. The smallest absolute Gasteiger partial charge is 0.344 e. The lowest BCUT2D eigenvalue weighted by Gasteiger charge is -2.21. The van der Waals surface area contributed by atoms with Crippen LogP contribution in [0.1, 0.15) is 12.5 Å². The number of esters is 1.